The number of hydrogen-bond acceptors (Lipinski definition) is 4. The van der Waals surface area contributed by atoms with E-state index in [4.69, 9.17) is 0 Å². The van der Waals surface area contributed by atoms with E-state index in [2.05, 4.69) is 25.0 Å². The summed E-state index contributed by atoms with van der Waals surface area (Å²) in [6.45, 7) is 6.83. The number of nitrogens with zero attached hydrogens (tertiary/aromatic N) is 4. The van der Waals surface area contributed by atoms with Gasteiger partial charge in [0, 0.05) is 13.1 Å². The van der Waals surface area contributed by atoms with E-state index < -0.39 is 0 Å². The minimum Gasteiger partial charge on any atom is -0.316 e. The Bertz CT molecular complexity index is 356. The van der Waals surface area contributed by atoms with Crippen LogP contribution in [0.25, 0.3) is 0 Å². The van der Waals surface area contributed by atoms with Crippen LogP contribution in [0.4, 0.5) is 0 Å². The van der Waals surface area contributed by atoms with Crippen LogP contribution in [0.2, 0.25) is 0 Å². The lowest BCUT2D eigenvalue weighted by Gasteiger charge is -2.27. The number of fused-ring (bicyclic) bond motifs is 1. The van der Waals surface area contributed by atoms with E-state index in [1.807, 2.05) is 6.33 Å². The van der Waals surface area contributed by atoms with Crippen molar-refractivity contribution in [3.05, 3.63) is 12.2 Å². The predicted molar refractivity (Wildman–Crippen MR) is 65.5 cm³/mol. The van der Waals surface area contributed by atoms with Gasteiger partial charge >= 0.3 is 0 Å². The lowest BCUT2D eigenvalue weighted by molar-refractivity contribution is 0.209. The zero-order valence-electron chi connectivity index (χ0n) is 10.3. The molecule has 1 atom stereocenters. The monoisotopic (exact) mass is 235 g/mol. The summed E-state index contributed by atoms with van der Waals surface area (Å²) in [6.07, 6.45) is 5.90. The van der Waals surface area contributed by atoms with Gasteiger partial charge in [0.25, 0.3) is 0 Å². The predicted octanol–water partition coefficient (Wildman–Crippen LogP) is 0.483. The van der Waals surface area contributed by atoms with Crippen LogP contribution in [0.3, 0.4) is 0 Å². The minimum absolute atomic E-state index is 0.920. The summed E-state index contributed by atoms with van der Waals surface area (Å²) >= 11 is 0. The molecule has 0 amide bonds. The zero-order chi connectivity index (χ0) is 11.5. The summed E-state index contributed by atoms with van der Waals surface area (Å²) in [6, 6.07) is 0. The summed E-state index contributed by atoms with van der Waals surface area (Å²) in [5.41, 5.74) is 0. The maximum Gasteiger partial charge on any atom is 0.147 e. The molecule has 0 saturated carbocycles. The fourth-order valence-corrected chi connectivity index (χ4v) is 2.87. The Labute approximate surface area is 102 Å². The maximum absolute atomic E-state index is 4.15. The number of aromatic nitrogens is 3. The van der Waals surface area contributed by atoms with Crippen molar-refractivity contribution < 1.29 is 0 Å². The zero-order valence-corrected chi connectivity index (χ0v) is 10.3. The SMILES string of the molecule is c1nnc2n1CCN(CCCC1CCNC1)C2. The second-order valence-corrected chi connectivity index (χ2v) is 5.22. The van der Waals surface area contributed by atoms with E-state index in [-0.39, 0.29) is 0 Å². The second-order valence-electron chi connectivity index (χ2n) is 5.22. The molecule has 17 heavy (non-hydrogen) atoms. The lowest BCUT2D eigenvalue weighted by atomic mass is 10.0. The molecule has 0 spiro atoms. The molecule has 0 radical (unpaired) electrons. The third-order valence-electron chi connectivity index (χ3n) is 3.97. The molecule has 2 aliphatic heterocycles. The van der Waals surface area contributed by atoms with Crippen molar-refractivity contribution >= 4 is 0 Å². The Morgan fingerprint density at radius 1 is 1.41 bits per heavy atom. The molecule has 2 aliphatic rings. The quantitative estimate of drug-likeness (QED) is 0.825. The molecule has 1 saturated heterocycles. The van der Waals surface area contributed by atoms with Crippen molar-refractivity contribution in [1.29, 1.82) is 0 Å². The molecule has 1 fully saturated rings. The Kier molecular flexibility index (Phi) is 3.38. The number of nitrogens with one attached hydrogen (secondary N) is 1. The molecule has 0 bridgehead atoms. The molecule has 1 unspecified atom stereocenters. The molecule has 0 aromatic carbocycles. The fraction of sp³-hybridized carbons (Fsp3) is 0.833. The molecule has 94 valence electrons. The first-order valence-electron chi connectivity index (χ1n) is 6.71. The van der Waals surface area contributed by atoms with Crippen LogP contribution in [0.5, 0.6) is 0 Å². The van der Waals surface area contributed by atoms with Crippen LogP contribution in [0.15, 0.2) is 6.33 Å². The lowest BCUT2D eigenvalue weighted by Crippen LogP contribution is -2.34. The van der Waals surface area contributed by atoms with Gasteiger partial charge in [0.1, 0.15) is 12.2 Å². The van der Waals surface area contributed by atoms with Crippen LogP contribution in [0.1, 0.15) is 25.1 Å². The molecule has 3 heterocycles. The largest absolute Gasteiger partial charge is 0.316 e. The molecule has 0 aliphatic carbocycles. The fourth-order valence-electron chi connectivity index (χ4n) is 2.87. The normalized spacial score (nSPS) is 25.1. The summed E-state index contributed by atoms with van der Waals surface area (Å²) in [4.78, 5) is 2.51. The Morgan fingerprint density at radius 2 is 2.41 bits per heavy atom. The van der Waals surface area contributed by atoms with E-state index in [0.29, 0.717) is 0 Å². The summed E-state index contributed by atoms with van der Waals surface area (Å²) in [5.74, 6) is 2.04. The van der Waals surface area contributed by atoms with Crippen molar-refractivity contribution in [2.75, 3.05) is 26.2 Å². The average molecular weight is 235 g/mol. The second kappa shape index (κ2) is 5.14. The van der Waals surface area contributed by atoms with Crippen LogP contribution < -0.4 is 5.32 Å². The molecule has 1 aromatic rings. The van der Waals surface area contributed by atoms with Crippen molar-refractivity contribution in [3.63, 3.8) is 0 Å². The third kappa shape index (κ3) is 2.66. The topological polar surface area (TPSA) is 46.0 Å². The Morgan fingerprint density at radius 3 is 3.29 bits per heavy atom. The van der Waals surface area contributed by atoms with Gasteiger partial charge in [-0.2, -0.15) is 0 Å². The molecular formula is C12H21N5. The van der Waals surface area contributed by atoms with Crippen molar-refractivity contribution in [3.8, 4) is 0 Å². The summed E-state index contributed by atoms with van der Waals surface area (Å²) in [5, 5.41) is 11.5. The van der Waals surface area contributed by atoms with Crippen LogP contribution >= 0.6 is 0 Å². The van der Waals surface area contributed by atoms with E-state index in [0.717, 1.165) is 31.4 Å². The van der Waals surface area contributed by atoms with Gasteiger partial charge in [-0.3, -0.25) is 4.90 Å². The smallest absolute Gasteiger partial charge is 0.147 e. The van der Waals surface area contributed by atoms with Gasteiger partial charge in [0.15, 0.2) is 0 Å². The van der Waals surface area contributed by atoms with Crippen molar-refractivity contribution in [1.82, 2.24) is 25.0 Å². The average Bonchev–Trinajstić information content (AvgIpc) is 2.98. The molecular weight excluding hydrogens is 214 g/mol. The van der Waals surface area contributed by atoms with Crippen LogP contribution in [0, 0.1) is 5.92 Å². The first-order valence-corrected chi connectivity index (χ1v) is 6.71. The van der Waals surface area contributed by atoms with Gasteiger partial charge in [-0.05, 0) is 44.8 Å². The highest BCUT2D eigenvalue weighted by Crippen LogP contribution is 2.16. The summed E-state index contributed by atoms with van der Waals surface area (Å²) < 4.78 is 2.16. The van der Waals surface area contributed by atoms with Crippen LogP contribution in [-0.4, -0.2) is 45.8 Å². The number of rotatable bonds is 4. The van der Waals surface area contributed by atoms with Crippen molar-refractivity contribution in [2.45, 2.75) is 32.4 Å². The minimum atomic E-state index is 0.920. The molecule has 5 nitrogen and oxygen atoms in total. The van der Waals surface area contributed by atoms with E-state index >= 15 is 0 Å². The maximum atomic E-state index is 4.15. The van der Waals surface area contributed by atoms with Crippen molar-refractivity contribution in [2.24, 2.45) is 5.92 Å². The molecule has 1 aromatic heterocycles. The van der Waals surface area contributed by atoms with Gasteiger partial charge in [0.05, 0.1) is 6.54 Å². The number of hydrogen-bond donors (Lipinski definition) is 1. The first-order chi connectivity index (χ1) is 8.42. The standard InChI is InChI=1S/C12H21N5/c1(2-11-3-4-13-8-11)5-16-6-7-17-10-14-15-12(17)9-16/h10-11,13H,1-9H2. The highest BCUT2D eigenvalue weighted by molar-refractivity contribution is 4.89. The van der Waals surface area contributed by atoms with Gasteiger partial charge < -0.3 is 9.88 Å². The Hall–Kier alpha value is -0.940. The van der Waals surface area contributed by atoms with Gasteiger partial charge in [-0.1, -0.05) is 0 Å². The van der Waals surface area contributed by atoms with E-state index in [1.165, 1.54) is 38.9 Å². The highest BCUT2D eigenvalue weighted by atomic mass is 15.3. The first kappa shape index (κ1) is 11.2. The highest BCUT2D eigenvalue weighted by Gasteiger charge is 2.18. The summed E-state index contributed by atoms with van der Waals surface area (Å²) in [7, 11) is 0. The molecule has 1 N–H and O–H groups in total. The van der Waals surface area contributed by atoms with Crippen LogP contribution in [-0.2, 0) is 13.1 Å². The Balaban J connectivity index is 1.41. The molecule has 3 rings (SSSR count). The van der Waals surface area contributed by atoms with Gasteiger partial charge in [-0.15, -0.1) is 10.2 Å². The van der Waals surface area contributed by atoms with E-state index in [9.17, 15) is 0 Å². The van der Waals surface area contributed by atoms with Gasteiger partial charge in [0.2, 0.25) is 0 Å². The third-order valence-corrected chi connectivity index (χ3v) is 3.97. The molecule has 5 heteroatoms. The van der Waals surface area contributed by atoms with Gasteiger partial charge in [-0.25, -0.2) is 0 Å². The van der Waals surface area contributed by atoms with E-state index in [1.54, 1.807) is 0 Å².